The maximum Gasteiger partial charge on any atom is 0.161 e. The Morgan fingerprint density at radius 2 is 2.40 bits per heavy atom. The molecule has 1 aliphatic rings. The molecule has 0 bridgehead atoms. The van der Waals surface area contributed by atoms with Gasteiger partial charge in [-0.05, 0) is 24.3 Å². The maximum absolute atomic E-state index is 4.30. The van der Waals surface area contributed by atoms with Gasteiger partial charge in [0.05, 0.1) is 0 Å². The molecule has 2 aromatic heterocycles. The average molecular weight is 284 g/mol. The number of halogens is 1. The summed E-state index contributed by atoms with van der Waals surface area (Å²) in [6, 6.07) is 4.03. The van der Waals surface area contributed by atoms with E-state index in [-0.39, 0.29) is 0 Å². The third-order valence-corrected chi connectivity index (χ3v) is 4.35. The molecule has 0 amide bonds. The summed E-state index contributed by atoms with van der Waals surface area (Å²) in [7, 11) is 0. The zero-order valence-electron chi connectivity index (χ0n) is 8.06. The molecule has 0 spiro atoms. The van der Waals surface area contributed by atoms with Crippen molar-refractivity contribution in [3.05, 3.63) is 28.6 Å². The van der Waals surface area contributed by atoms with Gasteiger partial charge in [0.1, 0.15) is 5.82 Å². The van der Waals surface area contributed by atoms with Crippen molar-refractivity contribution in [1.29, 1.82) is 0 Å². The minimum atomic E-state index is 0.575. The zero-order valence-corrected chi connectivity index (χ0v) is 10.5. The lowest BCUT2D eigenvalue weighted by Crippen LogP contribution is -2.02. The molecule has 1 aliphatic heterocycles. The van der Waals surface area contributed by atoms with Gasteiger partial charge in [-0.25, -0.2) is 0 Å². The fourth-order valence-electron chi connectivity index (χ4n) is 1.90. The van der Waals surface area contributed by atoms with E-state index < -0.39 is 0 Å². The Balaban J connectivity index is 2.11. The van der Waals surface area contributed by atoms with E-state index in [9.17, 15) is 0 Å². The highest BCUT2D eigenvalue weighted by molar-refractivity contribution is 9.10. The first kappa shape index (κ1) is 9.66. The summed E-state index contributed by atoms with van der Waals surface area (Å²) in [6.45, 7) is 0. The number of thioether (sulfide) groups is 1. The van der Waals surface area contributed by atoms with Crippen LogP contribution in [0.1, 0.15) is 18.2 Å². The van der Waals surface area contributed by atoms with Gasteiger partial charge in [0.2, 0.25) is 0 Å². The highest BCUT2D eigenvalue weighted by Crippen LogP contribution is 2.31. The van der Waals surface area contributed by atoms with Crippen LogP contribution in [0.4, 0.5) is 0 Å². The summed E-state index contributed by atoms with van der Waals surface area (Å²) < 4.78 is 3.15. The molecule has 3 rings (SSSR count). The van der Waals surface area contributed by atoms with Gasteiger partial charge in [-0.15, -0.1) is 10.2 Å². The summed E-state index contributed by atoms with van der Waals surface area (Å²) >= 11 is 5.44. The highest BCUT2D eigenvalue weighted by atomic mass is 79.9. The number of hydrogen-bond acceptors (Lipinski definition) is 3. The fourth-order valence-corrected chi connectivity index (χ4v) is 3.44. The predicted octanol–water partition coefficient (Wildman–Crippen LogP) is 2.71. The van der Waals surface area contributed by atoms with Gasteiger partial charge in [-0.3, -0.25) is 4.40 Å². The fraction of sp³-hybridized carbons (Fsp3) is 0.400. The maximum atomic E-state index is 4.30. The van der Waals surface area contributed by atoms with Crippen molar-refractivity contribution in [3.63, 3.8) is 0 Å². The standard InChI is InChI=1S/C10H10BrN3S/c11-8-1-3-14-9(5-8)12-13-10(14)7-2-4-15-6-7/h1,3,5,7H,2,4,6H2. The Bertz CT molecular complexity index is 490. The highest BCUT2D eigenvalue weighted by Gasteiger charge is 2.22. The van der Waals surface area contributed by atoms with Crippen molar-refractivity contribution in [1.82, 2.24) is 14.6 Å². The van der Waals surface area contributed by atoms with Gasteiger partial charge in [0, 0.05) is 22.3 Å². The SMILES string of the molecule is Brc1ccn2c(C3CCSC3)nnc2c1. The van der Waals surface area contributed by atoms with Gasteiger partial charge < -0.3 is 0 Å². The van der Waals surface area contributed by atoms with Gasteiger partial charge >= 0.3 is 0 Å². The average Bonchev–Trinajstić information content (AvgIpc) is 2.82. The second kappa shape index (κ2) is 3.79. The lowest BCUT2D eigenvalue weighted by atomic mass is 10.1. The Hall–Kier alpha value is -0.550. The molecular formula is C10H10BrN3S. The third-order valence-electron chi connectivity index (χ3n) is 2.69. The van der Waals surface area contributed by atoms with Crippen molar-refractivity contribution in [2.45, 2.75) is 12.3 Å². The summed E-state index contributed by atoms with van der Waals surface area (Å²) in [5.74, 6) is 4.11. The quantitative estimate of drug-likeness (QED) is 0.806. The molecule has 2 aromatic rings. The van der Waals surface area contributed by atoms with Crippen LogP contribution >= 0.6 is 27.7 Å². The number of rotatable bonds is 1. The van der Waals surface area contributed by atoms with E-state index in [1.807, 2.05) is 30.1 Å². The Morgan fingerprint density at radius 1 is 1.47 bits per heavy atom. The number of nitrogens with zero attached hydrogens (tertiary/aromatic N) is 3. The third kappa shape index (κ3) is 1.67. The summed E-state index contributed by atoms with van der Waals surface area (Å²) in [5, 5.41) is 8.50. The van der Waals surface area contributed by atoms with E-state index in [1.54, 1.807) is 0 Å². The smallest absolute Gasteiger partial charge is 0.161 e. The summed E-state index contributed by atoms with van der Waals surface area (Å²) in [5.41, 5.74) is 0.927. The van der Waals surface area contributed by atoms with Crippen LogP contribution in [0.2, 0.25) is 0 Å². The predicted molar refractivity (Wildman–Crippen MR) is 65.4 cm³/mol. The van der Waals surface area contributed by atoms with E-state index in [1.165, 1.54) is 17.9 Å². The molecular weight excluding hydrogens is 274 g/mol. The molecule has 0 saturated carbocycles. The van der Waals surface area contributed by atoms with Crippen LogP contribution in [0.25, 0.3) is 5.65 Å². The van der Waals surface area contributed by atoms with E-state index in [4.69, 9.17) is 0 Å². The topological polar surface area (TPSA) is 30.2 Å². The van der Waals surface area contributed by atoms with Crippen LogP contribution in [0.3, 0.4) is 0 Å². The lowest BCUT2D eigenvalue weighted by Gasteiger charge is -2.05. The van der Waals surface area contributed by atoms with Gasteiger partial charge in [0.25, 0.3) is 0 Å². The molecule has 0 aliphatic carbocycles. The summed E-state index contributed by atoms with van der Waals surface area (Å²) in [6.07, 6.45) is 3.26. The molecule has 1 saturated heterocycles. The van der Waals surface area contributed by atoms with Crippen LogP contribution < -0.4 is 0 Å². The van der Waals surface area contributed by atoms with Crippen molar-refractivity contribution in [2.75, 3.05) is 11.5 Å². The molecule has 15 heavy (non-hydrogen) atoms. The number of fused-ring (bicyclic) bond motifs is 1. The Morgan fingerprint density at radius 3 is 3.20 bits per heavy atom. The minimum absolute atomic E-state index is 0.575. The molecule has 3 nitrogen and oxygen atoms in total. The molecule has 0 N–H and O–H groups in total. The van der Waals surface area contributed by atoms with Crippen molar-refractivity contribution < 1.29 is 0 Å². The second-order valence-corrected chi connectivity index (χ2v) is 5.76. The van der Waals surface area contributed by atoms with Gasteiger partial charge in [0.15, 0.2) is 5.65 Å². The largest absolute Gasteiger partial charge is 0.286 e. The molecule has 0 radical (unpaired) electrons. The first-order valence-corrected chi connectivity index (χ1v) is 6.87. The van der Waals surface area contributed by atoms with Crippen molar-refractivity contribution >= 4 is 33.3 Å². The van der Waals surface area contributed by atoms with E-state index >= 15 is 0 Å². The normalized spacial score (nSPS) is 21.3. The first-order chi connectivity index (χ1) is 7.34. The minimum Gasteiger partial charge on any atom is -0.286 e. The van der Waals surface area contributed by atoms with Gasteiger partial charge in [-0.2, -0.15) is 11.8 Å². The monoisotopic (exact) mass is 283 g/mol. The van der Waals surface area contributed by atoms with Crippen LogP contribution in [0.15, 0.2) is 22.8 Å². The molecule has 1 atom stereocenters. The molecule has 0 aromatic carbocycles. The Kier molecular flexibility index (Phi) is 2.44. The van der Waals surface area contributed by atoms with E-state index in [0.717, 1.165) is 15.9 Å². The second-order valence-electron chi connectivity index (χ2n) is 3.69. The van der Waals surface area contributed by atoms with Crippen LogP contribution in [0.5, 0.6) is 0 Å². The summed E-state index contributed by atoms with van der Waals surface area (Å²) in [4.78, 5) is 0. The molecule has 1 unspecified atom stereocenters. The van der Waals surface area contributed by atoms with E-state index in [2.05, 4.69) is 30.5 Å². The lowest BCUT2D eigenvalue weighted by molar-refractivity contribution is 0.705. The van der Waals surface area contributed by atoms with Crippen LogP contribution in [-0.2, 0) is 0 Å². The molecule has 1 fully saturated rings. The van der Waals surface area contributed by atoms with Gasteiger partial charge in [-0.1, -0.05) is 15.9 Å². The number of pyridine rings is 1. The number of hydrogen-bond donors (Lipinski definition) is 0. The van der Waals surface area contributed by atoms with Crippen LogP contribution in [-0.4, -0.2) is 26.1 Å². The number of aromatic nitrogens is 3. The zero-order chi connectivity index (χ0) is 10.3. The molecule has 3 heterocycles. The molecule has 5 heteroatoms. The van der Waals surface area contributed by atoms with Crippen LogP contribution in [0, 0.1) is 0 Å². The molecule has 78 valence electrons. The van der Waals surface area contributed by atoms with Crippen molar-refractivity contribution in [2.24, 2.45) is 0 Å². The first-order valence-electron chi connectivity index (χ1n) is 4.92. The van der Waals surface area contributed by atoms with E-state index in [0.29, 0.717) is 5.92 Å². The Labute approximate surface area is 100 Å². The van der Waals surface area contributed by atoms with Crippen molar-refractivity contribution in [3.8, 4) is 0 Å².